The normalized spacial score (nSPS) is 15.1. The van der Waals surface area contributed by atoms with E-state index in [1.807, 2.05) is 11.3 Å². The molecular weight excluding hydrogens is 487 g/mol. The lowest BCUT2D eigenvalue weighted by molar-refractivity contribution is 0.680. The minimum atomic E-state index is 0.0452. The number of benzene rings is 3. The third-order valence-electron chi connectivity index (χ3n) is 7.13. The van der Waals surface area contributed by atoms with E-state index in [-0.39, 0.29) is 12.2 Å². The van der Waals surface area contributed by atoms with Crippen LogP contribution in [-0.4, -0.2) is 18.8 Å². The molecule has 188 valence electrons. The molecule has 0 saturated heterocycles. The first-order valence-electron chi connectivity index (χ1n) is 13.2. The highest BCUT2D eigenvalue weighted by atomic mass is 32.2. The van der Waals surface area contributed by atoms with Gasteiger partial charge in [-0.3, -0.25) is 0 Å². The Morgan fingerprint density at radius 2 is 1.57 bits per heavy atom. The number of unbranched alkanes of at least 4 members (excludes halogenated alkanes) is 2. The van der Waals surface area contributed by atoms with Gasteiger partial charge in [-0.2, -0.15) is 11.6 Å². The van der Waals surface area contributed by atoms with E-state index in [0.717, 1.165) is 11.4 Å². The fraction of sp³-hybridized carbons (Fsp3) is 0.250. The molecule has 37 heavy (non-hydrogen) atoms. The first kappa shape index (κ1) is 25.8. The van der Waals surface area contributed by atoms with Gasteiger partial charge >= 0.3 is 0 Å². The van der Waals surface area contributed by atoms with Gasteiger partial charge in [0.25, 0.3) is 5.99 Å². The topological polar surface area (TPSA) is 6.48 Å². The number of hydrogen-bond donors (Lipinski definition) is 0. The minimum Gasteiger partial charge on any atom is -0.349 e. The Labute approximate surface area is 231 Å². The van der Waals surface area contributed by atoms with Gasteiger partial charge in [0.1, 0.15) is 6.17 Å². The van der Waals surface area contributed by atoms with Gasteiger partial charge in [0.15, 0.2) is 0 Å². The van der Waals surface area contributed by atoms with Crippen LogP contribution < -0.4 is 20.7 Å². The van der Waals surface area contributed by atoms with Crippen LogP contribution in [0, 0.1) is 6.92 Å². The first-order chi connectivity index (χ1) is 18.1. The van der Waals surface area contributed by atoms with Gasteiger partial charge in [-0.15, -0.1) is 11.3 Å². The van der Waals surface area contributed by atoms with E-state index in [0.29, 0.717) is 0 Å². The van der Waals surface area contributed by atoms with Crippen LogP contribution in [0.4, 0.5) is 11.4 Å². The van der Waals surface area contributed by atoms with E-state index >= 15 is 0 Å². The summed E-state index contributed by atoms with van der Waals surface area (Å²) in [6.07, 6.45) is 3.81. The van der Waals surface area contributed by atoms with Gasteiger partial charge in [-0.1, -0.05) is 98.5 Å². The van der Waals surface area contributed by atoms with Crippen molar-refractivity contribution in [1.82, 2.24) is 0 Å². The van der Waals surface area contributed by atoms with Crippen molar-refractivity contribution in [2.75, 3.05) is 22.6 Å². The van der Waals surface area contributed by atoms with Crippen molar-refractivity contribution in [3.8, 4) is 0 Å². The van der Waals surface area contributed by atoms with E-state index in [4.69, 9.17) is 0 Å². The summed E-state index contributed by atoms with van der Waals surface area (Å²) in [6.45, 7) is 9.15. The molecule has 5 heteroatoms. The van der Waals surface area contributed by atoms with Crippen LogP contribution in [0.25, 0.3) is 5.70 Å². The van der Waals surface area contributed by atoms with E-state index < -0.39 is 0 Å². The Hall–Kier alpha value is -2.89. The molecule has 5 rings (SSSR count). The fourth-order valence-electron chi connectivity index (χ4n) is 5.27. The molecule has 1 aromatic heterocycles. The molecule has 1 unspecified atom stereocenters. The lowest BCUT2D eigenvalue weighted by Crippen LogP contribution is -2.48. The van der Waals surface area contributed by atoms with Crippen LogP contribution in [-0.2, 0) is 0 Å². The zero-order chi connectivity index (χ0) is 25.8. The molecule has 1 aliphatic rings. The van der Waals surface area contributed by atoms with Crippen molar-refractivity contribution >= 4 is 56.9 Å². The molecule has 4 aromatic rings. The number of aryl methyl sites for hydroxylation is 1. The van der Waals surface area contributed by atoms with Crippen molar-refractivity contribution < 1.29 is 0 Å². The molecule has 3 aromatic carbocycles. The summed E-state index contributed by atoms with van der Waals surface area (Å²) in [5, 5.41) is 0. The third-order valence-corrected chi connectivity index (χ3v) is 9.55. The molecule has 2 nitrogen and oxygen atoms in total. The summed E-state index contributed by atoms with van der Waals surface area (Å²) in [5.74, 6) is 1.41. The van der Waals surface area contributed by atoms with E-state index in [1.54, 1.807) is 0 Å². The average Bonchev–Trinajstić information content (AvgIpc) is 3.37. The molecular formula is C32H35BN2S2. The van der Waals surface area contributed by atoms with Crippen molar-refractivity contribution in [2.24, 2.45) is 0 Å². The van der Waals surface area contributed by atoms with Gasteiger partial charge in [0.2, 0.25) is 0 Å². The van der Waals surface area contributed by atoms with Crippen molar-refractivity contribution in [3.05, 3.63) is 113 Å². The second-order valence-electron chi connectivity index (χ2n) is 9.69. The number of fused-ring (bicyclic) bond motifs is 1. The summed E-state index contributed by atoms with van der Waals surface area (Å²) >= 11 is 3.94. The fourth-order valence-corrected chi connectivity index (χ4v) is 7.62. The van der Waals surface area contributed by atoms with Gasteiger partial charge in [-0.05, 0) is 48.8 Å². The molecule has 0 amide bonds. The lowest BCUT2D eigenvalue weighted by Gasteiger charge is -2.47. The minimum absolute atomic E-state index is 0.0452. The highest BCUT2D eigenvalue weighted by Crippen LogP contribution is 2.46. The molecule has 0 spiro atoms. The molecule has 1 aliphatic heterocycles. The average molecular weight is 523 g/mol. The highest BCUT2D eigenvalue weighted by Gasteiger charge is 2.37. The second kappa shape index (κ2) is 11.7. The molecule has 1 atom stereocenters. The Bertz CT molecular complexity index is 1350. The van der Waals surface area contributed by atoms with Crippen LogP contribution in [0.1, 0.15) is 47.7 Å². The summed E-state index contributed by atoms with van der Waals surface area (Å²) in [6, 6.07) is 33.2. The number of rotatable bonds is 9. The third kappa shape index (κ3) is 5.25. The first-order valence-corrected chi connectivity index (χ1v) is 15.1. The highest BCUT2D eigenvalue weighted by molar-refractivity contribution is 8.28. The molecule has 2 heterocycles. The van der Waals surface area contributed by atoms with Gasteiger partial charge in [0.05, 0.1) is 0 Å². The Morgan fingerprint density at radius 1 is 0.865 bits per heavy atom. The predicted molar refractivity (Wildman–Crippen MR) is 168 cm³/mol. The Kier molecular flexibility index (Phi) is 8.12. The molecule has 0 fully saturated rings. The summed E-state index contributed by atoms with van der Waals surface area (Å²) in [7, 11) is 2.22. The summed E-state index contributed by atoms with van der Waals surface area (Å²) in [5.41, 5.74) is 7.42. The van der Waals surface area contributed by atoms with Gasteiger partial charge in [-0.25, -0.2) is 0 Å². The van der Waals surface area contributed by atoms with E-state index in [9.17, 15) is 0 Å². The molecule has 0 aliphatic carbocycles. The smallest absolute Gasteiger partial charge is 0.276 e. The van der Waals surface area contributed by atoms with Gasteiger partial charge in [0, 0.05) is 39.4 Å². The van der Waals surface area contributed by atoms with Crippen molar-refractivity contribution in [2.45, 2.75) is 39.3 Å². The Morgan fingerprint density at radius 3 is 2.30 bits per heavy atom. The molecule has 0 bridgehead atoms. The van der Waals surface area contributed by atoms with E-state index in [2.05, 4.69) is 140 Å². The number of thiophene rings is 1. The Balaban J connectivity index is 1.65. The monoisotopic (exact) mass is 522 g/mol. The maximum atomic E-state index is 4.69. The molecule has 0 radical (unpaired) electrons. The molecule has 0 N–H and O–H groups in total. The van der Waals surface area contributed by atoms with Crippen LogP contribution in [0.2, 0.25) is 0 Å². The van der Waals surface area contributed by atoms with Gasteiger partial charge < -0.3 is 9.80 Å². The van der Waals surface area contributed by atoms with Crippen molar-refractivity contribution in [3.63, 3.8) is 0 Å². The zero-order valence-corrected chi connectivity index (χ0v) is 23.7. The second-order valence-corrected chi connectivity index (χ2v) is 12.2. The number of hydrogen-bond acceptors (Lipinski definition) is 4. The van der Waals surface area contributed by atoms with E-state index in [1.165, 1.54) is 56.9 Å². The lowest BCUT2D eigenvalue weighted by atomic mass is 9.61. The van der Waals surface area contributed by atoms with Crippen molar-refractivity contribution in [1.29, 1.82) is 0 Å². The maximum Gasteiger partial charge on any atom is 0.276 e. The van der Waals surface area contributed by atoms with Crippen LogP contribution in [0.15, 0.2) is 97.6 Å². The zero-order valence-electron chi connectivity index (χ0n) is 22.1. The predicted octanol–water partition coefficient (Wildman–Crippen LogP) is 7.71. The number of para-hydroxylation sites is 2. The largest absolute Gasteiger partial charge is 0.349 e. The van der Waals surface area contributed by atoms with Crippen LogP contribution >= 0.6 is 22.9 Å². The van der Waals surface area contributed by atoms with Crippen LogP contribution in [0.3, 0.4) is 0 Å². The quantitative estimate of drug-likeness (QED) is 0.164. The maximum absolute atomic E-state index is 4.69. The van der Waals surface area contributed by atoms with Crippen LogP contribution in [0.5, 0.6) is 0 Å². The SMILES string of the molecule is C=C1c2ccccc2N(C)C(c2ccc(C)s2)N1c1ccccc1B(SCCCCC)c1ccccc1. The molecule has 0 saturated carbocycles. The summed E-state index contributed by atoms with van der Waals surface area (Å²) < 4.78 is 0. The summed E-state index contributed by atoms with van der Waals surface area (Å²) in [4.78, 5) is 7.55. The standard InChI is InChI=1S/C32H35BN2S2/c1-5-6-14-23-36-33(26-15-8-7-9-16-26)28-18-11-13-20-30(28)35-25(3)27-17-10-12-19-29(27)34(4)32(35)31-22-21-24(2)37-31/h7-13,15-22,32H,3,5-6,14,23H2,1-2,4H3. The number of nitrogens with zero attached hydrogens (tertiary/aromatic N) is 2. The number of anilines is 2.